The van der Waals surface area contributed by atoms with E-state index in [0.717, 1.165) is 69.8 Å². The molecule has 0 radical (unpaired) electrons. The largest absolute Gasteiger partial charge is 0.469 e. The predicted octanol–water partition coefficient (Wildman–Crippen LogP) is 2.17. The van der Waals surface area contributed by atoms with Crippen molar-refractivity contribution in [3.8, 4) is 0 Å². The van der Waals surface area contributed by atoms with Crippen LogP contribution in [0.15, 0.2) is 29.3 Å². The molecule has 0 amide bonds. The van der Waals surface area contributed by atoms with E-state index in [0.29, 0.717) is 0 Å². The summed E-state index contributed by atoms with van der Waals surface area (Å²) in [5, 5.41) is 4.29. The van der Waals surface area contributed by atoms with Crippen LogP contribution in [0.1, 0.15) is 24.4 Å². The van der Waals surface area contributed by atoms with Crippen LogP contribution in [-0.4, -0.2) is 81.8 Å². The van der Waals surface area contributed by atoms with Crippen molar-refractivity contribution in [3.05, 3.63) is 34.9 Å². The highest BCUT2D eigenvalue weighted by molar-refractivity contribution is 6.30. The van der Waals surface area contributed by atoms with Crippen LogP contribution in [0.5, 0.6) is 0 Å². The Labute approximate surface area is 178 Å². The van der Waals surface area contributed by atoms with Crippen LogP contribution in [0.2, 0.25) is 5.02 Å². The van der Waals surface area contributed by atoms with Gasteiger partial charge >= 0.3 is 5.97 Å². The van der Waals surface area contributed by atoms with Crippen molar-refractivity contribution in [3.63, 3.8) is 0 Å². The number of methoxy groups -OCH3 is 1. The molecule has 1 N–H and O–H groups in total. The van der Waals surface area contributed by atoms with Crippen LogP contribution in [0.25, 0.3) is 0 Å². The van der Waals surface area contributed by atoms with E-state index in [2.05, 4.69) is 32.2 Å². The minimum atomic E-state index is -0.109. The quantitative estimate of drug-likeness (QED) is 0.445. The number of morpholine rings is 1. The number of likely N-dealkylation sites (tertiary alicyclic amines) is 1. The van der Waals surface area contributed by atoms with Gasteiger partial charge in [0.15, 0.2) is 5.96 Å². The van der Waals surface area contributed by atoms with Gasteiger partial charge in [0, 0.05) is 44.8 Å². The number of rotatable bonds is 5. The Bertz CT molecular complexity index is 684. The van der Waals surface area contributed by atoms with Gasteiger partial charge in [0.1, 0.15) is 0 Å². The number of carbonyl (C=O) groups is 1. The van der Waals surface area contributed by atoms with E-state index in [1.165, 1.54) is 12.7 Å². The van der Waals surface area contributed by atoms with Gasteiger partial charge in [-0.05, 0) is 30.5 Å². The molecule has 2 aliphatic rings. The second-order valence-electron chi connectivity index (χ2n) is 7.43. The molecule has 0 aliphatic carbocycles. The molecule has 7 nitrogen and oxygen atoms in total. The van der Waals surface area contributed by atoms with Crippen molar-refractivity contribution in [1.29, 1.82) is 0 Å². The Morgan fingerprint density at radius 3 is 2.48 bits per heavy atom. The molecular weight excluding hydrogens is 392 g/mol. The first-order chi connectivity index (χ1) is 14.1. The Hall–Kier alpha value is -1.83. The first-order valence-electron chi connectivity index (χ1n) is 10.2. The van der Waals surface area contributed by atoms with E-state index >= 15 is 0 Å². The molecule has 1 atom stereocenters. The number of hydrogen-bond acceptors (Lipinski definition) is 5. The van der Waals surface area contributed by atoms with E-state index in [-0.39, 0.29) is 17.9 Å². The first-order valence-corrected chi connectivity index (χ1v) is 10.6. The molecule has 8 heteroatoms. The average molecular weight is 423 g/mol. The summed E-state index contributed by atoms with van der Waals surface area (Å²) in [5.41, 5.74) is 1.23. The highest BCUT2D eigenvalue weighted by Gasteiger charge is 2.28. The second-order valence-corrected chi connectivity index (χ2v) is 7.86. The van der Waals surface area contributed by atoms with Gasteiger partial charge in [0.2, 0.25) is 0 Å². The van der Waals surface area contributed by atoms with Crippen molar-refractivity contribution in [1.82, 2.24) is 15.1 Å². The number of halogens is 1. The molecule has 1 aromatic rings. The molecular formula is C21H31ClN4O3. The van der Waals surface area contributed by atoms with E-state index < -0.39 is 0 Å². The van der Waals surface area contributed by atoms with Gasteiger partial charge < -0.3 is 19.7 Å². The molecule has 160 valence electrons. The number of hydrogen-bond donors (Lipinski definition) is 1. The van der Waals surface area contributed by atoms with Gasteiger partial charge in [-0.25, -0.2) is 0 Å². The van der Waals surface area contributed by atoms with Gasteiger partial charge in [-0.2, -0.15) is 0 Å². The number of piperidine rings is 1. The Balaban J connectivity index is 1.63. The zero-order valence-corrected chi connectivity index (χ0v) is 18.0. The maximum atomic E-state index is 11.8. The van der Waals surface area contributed by atoms with Crippen LogP contribution in [0.4, 0.5) is 0 Å². The fourth-order valence-electron chi connectivity index (χ4n) is 4.05. The van der Waals surface area contributed by atoms with E-state index in [1.54, 1.807) is 7.05 Å². The van der Waals surface area contributed by atoms with Gasteiger partial charge in [0.05, 0.1) is 32.3 Å². The minimum absolute atomic E-state index is 0.00970. The van der Waals surface area contributed by atoms with E-state index in [9.17, 15) is 4.79 Å². The molecule has 2 aliphatic heterocycles. The highest BCUT2D eigenvalue weighted by Crippen LogP contribution is 2.24. The molecule has 2 fully saturated rings. The number of ether oxygens (including phenoxy) is 2. The third-order valence-corrected chi connectivity index (χ3v) is 5.99. The molecule has 1 aromatic carbocycles. The molecule has 3 rings (SSSR count). The van der Waals surface area contributed by atoms with Crippen molar-refractivity contribution in [2.45, 2.75) is 18.9 Å². The molecule has 2 saturated heterocycles. The highest BCUT2D eigenvalue weighted by atomic mass is 35.5. The molecule has 0 saturated carbocycles. The fraction of sp³-hybridized carbons (Fsp3) is 0.619. The number of benzene rings is 1. The zero-order valence-electron chi connectivity index (χ0n) is 17.3. The Morgan fingerprint density at radius 2 is 1.90 bits per heavy atom. The topological polar surface area (TPSA) is 66.4 Å². The van der Waals surface area contributed by atoms with Crippen LogP contribution in [0.3, 0.4) is 0 Å². The summed E-state index contributed by atoms with van der Waals surface area (Å²) in [7, 11) is 3.26. The number of carbonyl (C=O) groups excluding carboxylic acids is 1. The normalized spacial score (nSPS) is 20.4. The average Bonchev–Trinajstić information content (AvgIpc) is 2.78. The standard InChI is InChI=1S/C21H31ClN4O3/c1-23-21(26-9-7-17(8-10-26)20(27)28-2)24-15-19(25-11-13-29-14-12-25)16-3-5-18(22)6-4-16/h3-6,17,19H,7-15H2,1-2H3,(H,23,24). The smallest absolute Gasteiger partial charge is 0.308 e. The zero-order chi connectivity index (χ0) is 20.6. The third kappa shape index (κ3) is 5.84. The summed E-state index contributed by atoms with van der Waals surface area (Å²) >= 11 is 6.09. The number of nitrogens with one attached hydrogen (secondary N) is 1. The molecule has 0 spiro atoms. The van der Waals surface area contributed by atoms with Crippen LogP contribution in [0, 0.1) is 5.92 Å². The third-order valence-electron chi connectivity index (χ3n) is 5.74. The lowest BCUT2D eigenvalue weighted by Crippen LogP contribution is -2.49. The van der Waals surface area contributed by atoms with Crippen LogP contribution >= 0.6 is 11.6 Å². The lowest BCUT2D eigenvalue weighted by molar-refractivity contribution is -0.146. The monoisotopic (exact) mass is 422 g/mol. The second kappa shape index (κ2) is 10.8. The summed E-state index contributed by atoms with van der Waals surface area (Å²) in [6.07, 6.45) is 1.58. The maximum Gasteiger partial charge on any atom is 0.308 e. The molecule has 2 heterocycles. The summed E-state index contributed by atoms with van der Waals surface area (Å²) < 4.78 is 10.4. The van der Waals surface area contributed by atoms with Crippen molar-refractivity contribution in [2.24, 2.45) is 10.9 Å². The van der Waals surface area contributed by atoms with Gasteiger partial charge in [-0.3, -0.25) is 14.7 Å². The van der Waals surface area contributed by atoms with E-state index in [4.69, 9.17) is 21.1 Å². The Morgan fingerprint density at radius 1 is 1.24 bits per heavy atom. The van der Waals surface area contributed by atoms with Gasteiger partial charge in [0.25, 0.3) is 0 Å². The van der Waals surface area contributed by atoms with Crippen molar-refractivity contribution < 1.29 is 14.3 Å². The summed E-state index contributed by atoms with van der Waals surface area (Å²) in [6.45, 7) is 5.63. The number of aliphatic imine (C=N–C) groups is 1. The number of guanidine groups is 1. The van der Waals surface area contributed by atoms with Gasteiger partial charge in [-0.15, -0.1) is 0 Å². The summed E-state index contributed by atoms with van der Waals surface area (Å²) in [5.74, 6) is 0.757. The van der Waals surface area contributed by atoms with Crippen molar-refractivity contribution >= 4 is 23.5 Å². The Kier molecular flexibility index (Phi) is 8.15. The number of nitrogens with zero attached hydrogens (tertiary/aromatic N) is 3. The molecule has 0 aromatic heterocycles. The van der Waals surface area contributed by atoms with Crippen LogP contribution < -0.4 is 5.32 Å². The van der Waals surface area contributed by atoms with Crippen molar-refractivity contribution in [2.75, 3.05) is 60.1 Å². The molecule has 1 unspecified atom stereocenters. The lowest BCUT2D eigenvalue weighted by Gasteiger charge is -2.37. The number of esters is 1. The maximum absolute atomic E-state index is 11.8. The first kappa shape index (κ1) is 21.9. The predicted molar refractivity (Wildman–Crippen MR) is 114 cm³/mol. The summed E-state index contributed by atoms with van der Waals surface area (Å²) in [4.78, 5) is 20.9. The molecule has 0 bridgehead atoms. The molecule has 29 heavy (non-hydrogen) atoms. The lowest BCUT2D eigenvalue weighted by atomic mass is 9.97. The summed E-state index contributed by atoms with van der Waals surface area (Å²) in [6, 6.07) is 8.28. The minimum Gasteiger partial charge on any atom is -0.469 e. The SMILES string of the molecule is CN=C(NCC(c1ccc(Cl)cc1)N1CCOCC1)N1CCC(C(=O)OC)CC1. The van der Waals surface area contributed by atoms with Crippen LogP contribution in [-0.2, 0) is 14.3 Å². The fourth-order valence-corrected chi connectivity index (χ4v) is 4.17. The van der Waals surface area contributed by atoms with E-state index in [1.807, 2.05) is 12.1 Å². The van der Waals surface area contributed by atoms with Gasteiger partial charge in [-0.1, -0.05) is 23.7 Å².